The number of carbonyl (C=O) groups excluding carboxylic acids is 12. The maximum Gasteiger partial charge on any atom is 0.258 e. The van der Waals surface area contributed by atoms with Gasteiger partial charge in [-0.05, 0) is 84.6 Å². The molecule has 18 nitrogen and oxygen atoms in total. The third-order valence-corrected chi connectivity index (χ3v) is 10.7. The molecule has 0 radical (unpaired) electrons. The fourth-order valence-corrected chi connectivity index (χ4v) is 7.42. The zero-order chi connectivity index (χ0) is 48.4. The van der Waals surface area contributed by atoms with E-state index in [0.29, 0.717) is 46.1 Å². The van der Waals surface area contributed by atoms with Crippen LogP contribution < -0.4 is 29.4 Å². The third kappa shape index (κ3) is 8.82. The molecule has 0 saturated carbocycles. The van der Waals surface area contributed by atoms with Gasteiger partial charge in [0.15, 0.2) is 0 Å². The van der Waals surface area contributed by atoms with Crippen molar-refractivity contribution in [1.29, 1.82) is 0 Å². The Morgan fingerprint density at radius 2 is 0.529 bits per heavy atom. The van der Waals surface area contributed by atoms with Crippen LogP contribution in [0.2, 0.25) is 0 Å². The molecule has 6 aliphatic heterocycles. The number of anilines is 6. The minimum absolute atomic E-state index is 0.315. The SMILES string of the molecule is Cc1ccc(N2C(=O)C=CC2=O)cc1N1C(=O)C=CC1=O.O=C1C=CC(=O)N1c1ccc(Cc2ccc(N3C(=O)C=CC3=O)cc2)cc1.O=C1C=CC(=O)N1c1cccc(N2C(=O)C=CC2=O)c1. The maximum absolute atomic E-state index is 11.8. The van der Waals surface area contributed by atoms with Crippen LogP contribution in [0.4, 0.5) is 34.1 Å². The first-order chi connectivity index (χ1) is 32.6. The third-order valence-electron chi connectivity index (χ3n) is 10.7. The smallest absolute Gasteiger partial charge is 0.258 e. The zero-order valence-electron chi connectivity index (χ0n) is 35.4. The summed E-state index contributed by atoms with van der Waals surface area (Å²) in [5.74, 6) is -4.99. The molecule has 0 saturated heterocycles. The van der Waals surface area contributed by atoms with E-state index >= 15 is 0 Å². The van der Waals surface area contributed by atoms with Gasteiger partial charge in [0.1, 0.15) is 0 Å². The second-order valence-electron chi connectivity index (χ2n) is 15.1. The van der Waals surface area contributed by atoms with Gasteiger partial charge in [-0.25, -0.2) is 29.4 Å². The van der Waals surface area contributed by atoms with Crippen molar-refractivity contribution in [3.8, 4) is 0 Å². The van der Waals surface area contributed by atoms with E-state index < -0.39 is 47.3 Å². The van der Waals surface area contributed by atoms with Gasteiger partial charge in [0, 0.05) is 72.9 Å². The van der Waals surface area contributed by atoms with Gasteiger partial charge in [0.25, 0.3) is 70.9 Å². The van der Waals surface area contributed by atoms with E-state index in [1.54, 1.807) is 61.5 Å². The summed E-state index contributed by atoms with van der Waals surface area (Å²) in [7, 11) is 0. The quantitative estimate of drug-likeness (QED) is 0.232. The lowest BCUT2D eigenvalue weighted by atomic mass is 10.0. The number of imide groups is 6. The summed E-state index contributed by atoms with van der Waals surface area (Å²) in [4.78, 5) is 146. The predicted octanol–water partition coefficient (Wildman–Crippen LogP) is 3.54. The Kier molecular flexibility index (Phi) is 12.1. The summed E-state index contributed by atoms with van der Waals surface area (Å²) in [6, 6.07) is 25.3. The number of nitrogens with zero attached hydrogens (tertiary/aromatic N) is 6. The first kappa shape index (κ1) is 44.8. The van der Waals surface area contributed by atoms with Gasteiger partial charge < -0.3 is 0 Å². The zero-order valence-corrected chi connectivity index (χ0v) is 35.4. The second-order valence-corrected chi connectivity index (χ2v) is 15.1. The average Bonchev–Trinajstić information content (AvgIpc) is 4.17. The minimum atomic E-state index is -0.454. The van der Waals surface area contributed by atoms with Crippen LogP contribution in [0.5, 0.6) is 0 Å². The van der Waals surface area contributed by atoms with Gasteiger partial charge in [-0.2, -0.15) is 0 Å². The highest BCUT2D eigenvalue weighted by Crippen LogP contribution is 2.31. The Morgan fingerprint density at radius 3 is 0.838 bits per heavy atom. The Hall–Kier alpha value is -9.84. The van der Waals surface area contributed by atoms with Crippen LogP contribution in [-0.2, 0) is 64.0 Å². The Balaban J connectivity index is 0.000000140. The van der Waals surface area contributed by atoms with Gasteiger partial charge in [-0.15, -0.1) is 0 Å². The van der Waals surface area contributed by atoms with Crippen molar-refractivity contribution in [1.82, 2.24) is 0 Å². The highest BCUT2D eigenvalue weighted by molar-refractivity contribution is 6.32. The van der Waals surface area contributed by atoms with Crippen molar-refractivity contribution >= 4 is 105 Å². The van der Waals surface area contributed by atoms with Crippen molar-refractivity contribution in [2.24, 2.45) is 0 Å². The van der Waals surface area contributed by atoms with Crippen molar-refractivity contribution in [2.45, 2.75) is 13.3 Å². The van der Waals surface area contributed by atoms with Crippen LogP contribution in [0.3, 0.4) is 0 Å². The molecule has 12 amide bonds. The molecular formula is C50H32N6O12. The predicted molar refractivity (Wildman–Crippen MR) is 243 cm³/mol. The van der Waals surface area contributed by atoms with Crippen LogP contribution in [-0.4, -0.2) is 70.9 Å². The van der Waals surface area contributed by atoms with E-state index in [1.165, 1.54) is 85.0 Å². The monoisotopic (exact) mass is 908 g/mol. The molecule has 6 heterocycles. The van der Waals surface area contributed by atoms with Gasteiger partial charge in [0.05, 0.1) is 34.1 Å². The van der Waals surface area contributed by atoms with Crippen molar-refractivity contribution < 1.29 is 57.5 Å². The average molecular weight is 909 g/mol. The number of amides is 12. The standard InChI is InChI=1S/C21H14N2O4.C15H10N2O4.C14H8N2O4/c24-18-9-10-19(25)22(18)16-5-1-14(2-6-16)13-15-3-7-17(8-4-15)23-20(26)11-12-21(23)27;1-9-2-3-10(16-12(18)4-5-13(16)19)8-11(9)17-14(20)6-7-15(17)21;17-11-4-5-12(18)15(11)9-2-1-3-10(8-9)16-13(19)6-7-14(16)20/h1-12H,13H2;2-8H,1H3;1-8H. The van der Waals surface area contributed by atoms with Crippen LogP contribution >= 0.6 is 0 Å². The molecule has 0 spiro atoms. The van der Waals surface area contributed by atoms with Crippen molar-refractivity contribution in [3.05, 3.63) is 181 Å². The Morgan fingerprint density at radius 1 is 0.279 bits per heavy atom. The van der Waals surface area contributed by atoms with Gasteiger partial charge in [0.2, 0.25) is 0 Å². The normalized spacial score (nSPS) is 17.1. The molecule has 0 bridgehead atoms. The molecule has 6 aliphatic rings. The lowest BCUT2D eigenvalue weighted by molar-refractivity contribution is -0.121. The van der Waals surface area contributed by atoms with Gasteiger partial charge in [-0.1, -0.05) is 36.4 Å². The van der Waals surface area contributed by atoms with E-state index in [2.05, 4.69) is 0 Å². The van der Waals surface area contributed by atoms with Gasteiger partial charge >= 0.3 is 0 Å². The van der Waals surface area contributed by atoms with Crippen molar-refractivity contribution in [3.63, 3.8) is 0 Å². The molecule has 0 N–H and O–H groups in total. The van der Waals surface area contributed by atoms with Crippen LogP contribution in [0.15, 0.2) is 164 Å². The fourth-order valence-electron chi connectivity index (χ4n) is 7.42. The number of carbonyl (C=O) groups is 12. The maximum atomic E-state index is 11.8. The lowest BCUT2D eigenvalue weighted by Gasteiger charge is -2.20. The molecule has 0 aromatic heterocycles. The Labute approximate surface area is 384 Å². The molecule has 0 atom stereocenters. The van der Waals surface area contributed by atoms with Crippen LogP contribution in [0, 0.1) is 6.92 Å². The minimum Gasteiger partial charge on any atom is -0.269 e. The lowest BCUT2D eigenvalue weighted by Crippen LogP contribution is -2.32. The molecule has 10 rings (SSSR count). The molecule has 4 aromatic rings. The number of benzene rings is 4. The molecule has 68 heavy (non-hydrogen) atoms. The number of aryl methyl sites for hydroxylation is 1. The molecule has 4 aromatic carbocycles. The molecule has 0 aliphatic carbocycles. The van der Waals surface area contributed by atoms with Crippen LogP contribution in [0.25, 0.3) is 0 Å². The van der Waals surface area contributed by atoms with E-state index in [9.17, 15) is 57.5 Å². The molecular weight excluding hydrogens is 877 g/mol. The summed E-state index contributed by atoms with van der Waals surface area (Å²) in [6.07, 6.45) is 15.0. The van der Waals surface area contributed by atoms with Gasteiger partial charge in [-0.3, -0.25) is 57.5 Å². The summed E-state index contributed by atoms with van der Waals surface area (Å²) < 4.78 is 0. The molecule has 0 fully saturated rings. The second kappa shape index (κ2) is 18.3. The van der Waals surface area contributed by atoms with E-state index in [4.69, 9.17) is 0 Å². The van der Waals surface area contributed by atoms with Crippen molar-refractivity contribution in [2.75, 3.05) is 29.4 Å². The molecule has 0 unspecified atom stereocenters. The van der Waals surface area contributed by atoms with E-state index in [-0.39, 0.29) is 23.6 Å². The number of rotatable bonds is 8. The van der Waals surface area contributed by atoms with Crippen LogP contribution in [0.1, 0.15) is 16.7 Å². The topological polar surface area (TPSA) is 224 Å². The first-order valence-corrected chi connectivity index (χ1v) is 20.3. The summed E-state index contributed by atoms with van der Waals surface area (Å²) in [5.41, 5.74) is 5.09. The molecule has 334 valence electrons. The largest absolute Gasteiger partial charge is 0.269 e. The molecule has 18 heteroatoms. The first-order valence-electron chi connectivity index (χ1n) is 20.3. The Bertz CT molecular complexity index is 2910. The van der Waals surface area contributed by atoms with E-state index in [1.807, 2.05) is 24.3 Å². The summed E-state index contributed by atoms with van der Waals surface area (Å²) in [5, 5.41) is 0. The fraction of sp³-hybridized carbons (Fsp3) is 0.0400. The van der Waals surface area contributed by atoms with E-state index in [0.717, 1.165) is 40.5 Å². The summed E-state index contributed by atoms with van der Waals surface area (Å²) in [6.45, 7) is 1.74. The number of hydrogen-bond acceptors (Lipinski definition) is 12. The number of hydrogen-bond donors (Lipinski definition) is 0. The highest BCUT2D eigenvalue weighted by Gasteiger charge is 2.32. The summed E-state index contributed by atoms with van der Waals surface area (Å²) >= 11 is 0. The highest BCUT2D eigenvalue weighted by atomic mass is 16.2.